The largest absolute Gasteiger partial charge is 0.481 e. The van der Waals surface area contributed by atoms with Gasteiger partial charge >= 0.3 is 12.1 Å². The highest BCUT2D eigenvalue weighted by Gasteiger charge is 2.43. The number of nitrogens with zero attached hydrogens (tertiary/aromatic N) is 1. The van der Waals surface area contributed by atoms with Crippen LogP contribution in [0.5, 0.6) is 0 Å². The summed E-state index contributed by atoms with van der Waals surface area (Å²) in [6.07, 6.45) is 2.71. The number of carbonyl (C=O) groups is 2. The second kappa shape index (κ2) is 6.38. The molecule has 1 N–H and O–H groups in total. The predicted molar refractivity (Wildman–Crippen MR) is 80.2 cm³/mol. The Morgan fingerprint density at radius 1 is 1.18 bits per heavy atom. The lowest BCUT2D eigenvalue weighted by molar-refractivity contribution is -0.143. The molecule has 2 fully saturated rings. The zero-order chi connectivity index (χ0) is 15.5. The van der Waals surface area contributed by atoms with Crippen LogP contribution in [0.3, 0.4) is 0 Å². The van der Waals surface area contributed by atoms with Gasteiger partial charge in [-0.3, -0.25) is 4.79 Å². The zero-order valence-corrected chi connectivity index (χ0v) is 12.5. The van der Waals surface area contributed by atoms with E-state index in [9.17, 15) is 9.59 Å². The quantitative estimate of drug-likeness (QED) is 0.932. The Labute approximate surface area is 129 Å². The van der Waals surface area contributed by atoms with Gasteiger partial charge in [0.25, 0.3) is 0 Å². The van der Waals surface area contributed by atoms with E-state index >= 15 is 0 Å². The summed E-state index contributed by atoms with van der Waals surface area (Å²) in [6, 6.07) is 9.77. The summed E-state index contributed by atoms with van der Waals surface area (Å²) < 4.78 is 5.41. The number of amides is 1. The van der Waals surface area contributed by atoms with E-state index in [0.717, 1.165) is 18.4 Å². The summed E-state index contributed by atoms with van der Waals surface area (Å²) in [7, 11) is 0. The molecule has 0 spiro atoms. The van der Waals surface area contributed by atoms with Gasteiger partial charge in [0.2, 0.25) is 0 Å². The van der Waals surface area contributed by atoms with Crippen LogP contribution in [0.4, 0.5) is 4.79 Å². The molecule has 2 aliphatic rings. The van der Waals surface area contributed by atoms with Crippen LogP contribution in [0.15, 0.2) is 30.3 Å². The molecule has 5 heteroatoms. The topological polar surface area (TPSA) is 66.8 Å². The normalized spacial score (nSPS) is 27.3. The first-order valence-corrected chi connectivity index (χ1v) is 7.85. The maximum absolute atomic E-state index is 12.3. The second-order valence-corrected chi connectivity index (χ2v) is 6.20. The minimum Gasteiger partial charge on any atom is -0.481 e. The summed E-state index contributed by atoms with van der Waals surface area (Å²) >= 11 is 0. The zero-order valence-electron chi connectivity index (χ0n) is 12.5. The fraction of sp³-hybridized carbons (Fsp3) is 0.529. The Morgan fingerprint density at radius 2 is 1.95 bits per heavy atom. The number of carboxylic acid groups (broad SMARTS) is 1. The Kier molecular flexibility index (Phi) is 4.32. The first-order chi connectivity index (χ1) is 10.6. The van der Waals surface area contributed by atoms with Gasteiger partial charge in [-0.1, -0.05) is 30.3 Å². The van der Waals surface area contributed by atoms with Gasteiger partial charge in [0, 0.05) is 12.6 Å². The molecule has 0 aromatic heterocycles. The number of hydrogen-bond acceptors (Lipinski definition) is 3. The highest BCUT2D eigenvalue weighted by Crippen LogP contribution is 2.39. The maximum Gasteiger partial charge on any atom is 0.410 e. The minimum absolute atomic E-state index is 0.152. The van der Waals surface area contributed by atoms with Gasteiger partial charge in [-0.25, -0.2) is 4.79 Å². The number of fused-ring (bicyclic) bond motifs is 1. The number of hydrogen-bond donors (Lipinski definition) is 1. The molecular formula is C17H21NO4. The van der Waals surface area contributed by atoms with Crippen LogP contribution in [0.25, 0.3) is 0 Å². The van der Waals surface area contributed by atoms with Gasteiger partial charge in [0.15, 0.2) is 0 Å². The molecule has 1 amide bonds. The molecule has 3 rings (SSSR count). The fourth-order valence-corrected chi connectivity index (χ4v) is 3.69. The van der Waals surface area contributed by atoms with Crippen molar-refractivity contribution in [3.63, 3.8) is 0 Å². The van der Waals surface area contributed by atoms with Crippen molar-refractivity contribution in [3.8, 4) is 0 Å². The minimum atomic E-state index is -0.705. The summed E-state index contributed by atoms with van der Waals surface area (Å²) in [5, 5.41) is 9.14. The summed E-state index contributed by atoms with van der Waals surface area (Å²) in [5.41, 5.74) is 0.973. The van der Waals surface area contributed by atoms with Gasteiger partial charge in [0.05, 0.1) is 5.92 Å². The standard InChI is InChI=1S/C17H21NO4/c19-16(20)14-6-7-15-13(10-14)8-9-18(15)17(21)22-11-12-4-2-1-3-5-12/h1-5,13-15H,6-11H2,(H,19,20)/t13-,14-,15+/m1/s1. The Morgan fingerprint density at radius 3 is 2.68 bits per heavy atom. The number of carbonyl (C=O) groups excluding carboxylic acids is 1. The van der Waals surface area contributed by atoms with E-state index in [4.69, 9.17) is 9.84 Å². The smallest absolute Gasteiger partial charge is 0.410 e. The van der Waals surface area contributed by atoms with E-state index in [2.05, 4.69) is 0 Å². The van der Waals surface area contributed by atoms with Crippen molar-refractivity contribution in [1.82, 2.24) is 4.90 Å². The van der Waals surface area contributed by atoms with Gasteiger partial charge in [0.1, 0.15) is 6.61 Å². The van der Waals surface area contributed by atoms with Crippen molar-refractivity contribution in [2.45, 2.75) is 38.3 Å². The molecule has 3 atom stereocenters. The lowest BCUT2D eigenvalue weighted by atomic mass is 9.78. The van der Waals surface area contributed by atoms with E-state index in [-0.39, 0.29) is 24.7 Å². The van der Waals surface area contributed by atoms with E-state index in [1.807, 2.05) is 30.3 Å². The van der Waals surface area contributed by atoms with Crippen LogP contribution in [0.1, 0.15) is 31.2 Å². The van der Waals surface area contributed by atoms with Crippen molar-refractivity contribution in [2.75, 3.05) is 6.54 Å². The summed E-state index contributed by atoms with van der Waals surface area (Å²) in [4.78, 5) is 25.2. The molecule has 1 aliphatic carbocycles. The second-order valence-electron chi connectivity index (χ2n) is 6.20. The van der Waals surface area contributed by atoms with Gasteiger partial charge in [-0.05, 0) is 37.2 Å². The number of rotatable bonds is 3. The number of aliphatic carboxylic acids is 1. The number of likely N-dealkylation sites (tertiary alicyclic amines) is 1. The third-order valence-electron chi connectivity index (χ3n) is 4.87. The van der Waals surface area contributed by atoms with E-state index in [1.165, 1.54) is 0 Å². The highest BCUT2D eigenvalue weighted by molar-refractivity contribution is 5.71. The molecule has 1 heterocycles. The van der Waals surface area contributed by atoms with Crippen LogP contribution >= 0.6 is 0 Å². The Bertz CT molecular complexity index is 545. The van der Waals surface area contributed by atoms with Crippen LogP contribution < -0.4 is 0 Å². The maximum atomic E-state index is 12.3. The average molecular weight is 303 g/mol. The van der Waals surface area contributed by atoms with E-state index < -0.39 is 5.97 Å². The molecule has 0 bridgehead atoms. The molecular weight excluding hydrogens is 282 g/mol. The van der Waals surface area contributed by atoms with Crippen molar-refractivity contribution < 1.29 is 19.4 Å². The molecule has 1 aliphatic heterocycles. The molecule has 1 saturated heterocycles. The van der Waals surface area contributed by atoms with Crippen molar-refractivity contribution >= 4 is 12.1 Å². The number of benzene rings is 1. The Hall–Kier alpha value is -2.04. The molecule has 118 valence electrons. The van der Waals surface area contributed by atoms with Crippen molar-refractivity contribution in [1.29, 1.82) is 0 Å². The van der Waals surface area contributed by atoms with Gasteiger partial charge in [-0.2, -0.15) is 0 Å². The molecule has 1 saturated carbocycles. The van der Waals surface area contributed by atoms with Crippen molar-refractivity contribution in [3.05, 3.63) is 35.9 Å². The molecule has 5 nitrogen and oxygen atoms in total. The molecule has 0 radical (unpaired) electrons. The summed E-state index contributed by atoms with van der Waals surface area (Å²) in [6.45, 7) is 0.959. The van der Waals surface area contributed by atoms with Crippen LogP contribution in [-0.4, -0.2) is 34.7 Å². The lowest BCUT2D eigenvalue weighted by Gasteiger charge is -2.33. The first kappa shape index (κ1) is 14.9. The SMILES string of the molecule is O=C(O)[C@@H]1CC[C@H]2[C@H](CCN2C(=O)OCc2ccccc2)C1. The van der Waals surface area contributed by atoms with Gasteiger partial charge < -0.3 is 14.7 Å². The lowest BCUT2D eigenvalue weighted by Crippen LogP contribution is -2.41. The first-order valence-electron chi connectivity index (χ1n) is 7.85. The Balaban J connectivity index is 1.55. The van der Waals surface area contributed by atoms with Crippen LogP contribution in [0.2, 0.25) is 0 Å². The molecule has 1 aromatic carbocycles. The fourth-order valence-electron chi connectivity index (χ4n) is 3.69. The van der Waals surface area contributed by atoms with Crippen molar-refractivity contribution in [2.24, 2.45) is 11.8 Å². The van der Waals surface area contributed by atoms with Crippen LogP contribution in [0, 0.1) is 11.8 Å². The molecule has 1 aromatic rings. The third kappa shape index (κ3) is 3.08. The van der Waals surface area contributed by atoms with E-state index in [1.54, 1.807) is 4.90 Å². The molecule has 22 heavy (non-hydrogen) atoms. The predicted octanol–water partition coefficient (Wildman–Crippen LogP) is 2.90. The summed E-state index contributed by atoms with van der Waals surface area (Å²) in [5.74, 6) is -0.649. The van der Waals surface area contributed by atoms with Crippen LogP contribution in [-0.2, 0) is 16.1 Å². The number of carboxylic acids is 1. The third-order valence-corrected chi connectivity index (χ3v) is 4.87. The van der Waals surface area contributed by atoms with E-state index in [0.29, 0.717) is 25.3 Å². The monoisotopic (exact) mass is 303 g/mol. The van der Waals surface area contributed by atoms with Gasteiger partial charge in [-0.15, -0.1) is 0 Å². The molecule has 0 unspecified atom stereocenters. The number of ether oxygens (including phenoxy) is 1. The highest BCUT2D eigenvalue weighted by atomic mass is 16.6. The average Bonchev–Trinajstić information content (AvgIpc) is 2.96.